The van der Waals surface area contributed by atoms with E-state index in [1.54, 1.807) is 0 Å². The first kappa shape index (κ1) is 20.0. The Morgan fingerprint density at radius 1 is 0.900 bits per heavy atom. The number of carbonyl (C=O) groups is 2. The normalized spacial score (nSPS) is 14.5. The summed E-state index contributed by atoms with van der Waals surface area (Å²) in [5, 5.41) is 5.19. The van der Waals surface area contributed by atoms with Crippen molar-refractivity contribution in [2.45, 2.75) is 18.9 Å². The minimum Gasteiger partial charge on any atom is -0.378 e. The zero-order valence-electron chi connectivity index (χ0n) is 17.5. The molecule has 1 aliphatic rings. The van der Waals surface area contributed by atoms with Gasteiger partial charge < -0.3 is 15.1 Å². The Kier molecular flexibility index (Phi) is 5.70. The molecule has 30 heavy (non-hydrogen) atoms. The molecule has 2 amide bonds. The van der Waals surface area contributed by atoms with Crippen LogP contribution in [-0.2, 0) is 0 Å². The molecule has 1 saturated heterocycles. The lowest BCUT2D eigenvalue weighted by atomic mass is 10.0. The number of amides is 2. The summed E-state index contributed by atoms with van der Waals surface area (Å²) < 4.78 is 0. The van der Waals surface area contributed by atoms with Crippen LogP contribution in [0.25, 0.3) is 10.8 Å². The highest BCUT2D eigenvalue weighted by Crippen LogP contribution is 2.20. The van der Waals surface area contributed by atoms with Gasteiger partial charge >= 0.3 is 0 Å². The van der Waals surface area contributed by atoms with Crippen LogP contribution in [0.3, 0.4) is 0 Å². The van der Waals surface area contributed by atoms with E-state index in [0.717, 1.165) is 29.3 Å². The van der Waals surface area contributed by atoms with Crippen molar-refractivity contribution in [3.8, 4) is 0 Å². The molecule has 5 nitrogen and oxygen atoms in total. The predicted octanol–water partition coefficient (Wildman–Crippen LogP) is 3.94. The van der Waals surface area contributed by atoms with Crippen LogP contribution in [0.15, 0.2) is 66.7 Å². The molecular formula is C25H27N3O2. The second-order valence-corrected chi connectivity index (χ2v) is 8.01. The van der Waals surface area contributed by atoms with Crippen molar-refractivity contribution >= 4 is 28.3 Å². The first-order valence-corrected chi connectivity index (χ1v) is 10.4. The number of anilines is 1. The monoisotopic (exact) mass is 401 g/mol. The SMILES string of the molecule is CN(C)c1ccc(C(=O)N2CCC(NC(=O)c3cccc4ccccc34)CC2)cc1. The molecule has 154 valence electrons. The molecule has 0 aromatic heterocycles. The van der Waals surface area contributed by atoms with Gasteiger partial charge in [0.25, 0.3) is 11.8 Å². The third-order valence-electron chi connectivity index (χ3n) is 5.78. The van der Waals surface area contributed by atoms with E-state index < -0.39 is 0 Å². The van der Waals surface area contributed by atoms with Crippen molar-refractivity contribution in [3.05, 3.63) is 77.9 Å². The van der Waals surface area contributed by atoms with Crippen molar-refractivity contribution in [2.75, 3.05) is 32.1 Å². The number of fused-ring (bicyclic) bond motifs is 1. The molecule has 3 aromatic carbocycles. The number of hydrogen-bond acceptors (Lipinski definition) is 3. The number of hydrogen-bond donors (Lipinski definition) is 1. The van der Waals surface area contributed by atoms with E-state index >= 15 is 0 Å². The summed E-state index contributed by atoms with van der Waals surface area (Å²) in [5.41, 5.74) is 2.48. The Balaban J connectivity index is 1.36. The third-order valence-corrected chi connectivity index (χ3v) is 5.78. The van der Waals surface area contributed by atoms with Crippen molar-refractivity contribution in [2.24, 2.45) is 0 Å². The van der Waals surface area contributed by atoms with Crippen LogP contribution in [-0.4, -0.2) is 49.9 Å². The average molecular weight is 402 g/mol. The van der Waals surface area contributed by atoms with Gasteiger partial charge in [-0.2, -0.15) is 0 Å². The summed E-state index contributed by atoms with van der Waals surface area (Å²) in [6.07, 6.45) is 1.52. The molecule has 4 rings (SSSR count). The molecule has 3 aromatic rings. The van der Waals surface area contributed by atoms with E-state index in [0.29, 0.717) is 24.2 Å². The van der Waals surface area contributed by atoms with Gasteiger partial charge in [0, 0.05) is 50.0 Å². The molecule has 1 heterocycles. The average Bonchev–Trinajstić information content (AvgIpc) is 2.78. The molecule has 0 spiro atoms. The van der Waals surface area contributed by atoms with E-state index in [1.807, 2.05) is 90.6 Å². The van der Waals surface area contributed by atoms with Crippen LogP contribution in [0.2, 0.25) is 0 Å². The summed E-state index contributed by atoms with van der Waals surface area (Å²) in [6, 6.07) is 21.5. The number of likely N-dealkylation sites (tertiary alicyclic amines) is 1. The van der Waals surface area contributed by atoms with Gasteiger partial charge in [-0.1, -0.05) is 36.4 Å². The van der Waals surface area contributed by atoms with Crippen LogP contribution in [0.1, 0.15) is 33.6 Å². The van der Waals surface area contributed by atoms with Crippen LogP contribution in [0, 0.1) is 0 Å². The van der Waals surface area contributed by atoms with Crippen molar-refractivity contribution < 1.29 is 9.59 Å². The highest BCUT2D eigenvalue weighted by Gasteiger charge is 2.25. The van der Waals surface area contributed by atoms with Gasteiger partial charge in [0.15, 0.2) is 0 Å². The van der Waals surface area contributed by atoms with Crippen molar-refractivity contribution in [1.82, 2.24) is 10.2 Å². The Labute approximate surface area is 177 Å². The fraction of sp³-hybridized carbons (Fsp3) is 0.280. The van der Waals surface area contributed by atoms with E-state index in [1.165, 1.54) is 0 Å². The fourth-order valence-electron chi connectivity index (χ4n) is 4.00. The van der Waals surface area contributed by atoms with Crippen molar-refractivity contribution in [1.29, 1.82) is 0 Å². The lowest BCUT2D eigenvalue weighted by Gasteiger charge is -2.32. The Bertz CT molecular complexity index is 1050. The highest BCUT2D eigenvalue weighted by molar-refractivity contribution is 6.07. The van der Waals surface area contributed by atoms with Gasteiger partial charge in [-0.15, -0.1) is 0 Å². The lowest BCUT2D eigenvalue weighted by Crippen LogP contribution is -2.46. The van der Waals surface area contributed by atoms with Gasteiger partial charge in [-0.3, -0.25) is 9.59 Å². The molecule has 0 atom stereocenters. The van der Waals surface area contributed by atoms with Gasteiger partial charge in [-0.05, 0) is 53.9 Å². The first-order chi connectivity index (χ1) is 14.5. The summed E-state index contributed by atoms with van der Waals surface area (Å²) in [6.45, 7) is 1.30. The topological polar surface area (TPSA) is 52.7 Å². The number of piperidine rings is 1. The number of benzene rings is 3. The largest absolute Gasteiger partial charge is 0.378 e. The number of rotatable bonds is 4. The molecule has 0 radical (unpaired) electrons. The van der Waals surface area contributed by atoms with E-state index in [-0.39, 0.29) is 17.9 Å². The number of nitrogens with zero attached hydrogens (tertiary/aromatic N) is 2. The van der Waals surface area contributed by atoms with Gasteiger partial charge in [0.1, 0.15) is 0 Å². The maximum Gasteiger partial charge on any atom is 0.253 e. The Hall–Kier alpha value is -3.34. The van der Waals surface area contributed by atoms with E-state index in [9.17, 15) is 9.59 Å². The second kappa shape index (κ2) is 8.57. The Morgan fingerprint density at radius 2 is 1.57 bits per heavy atom. The summed E-state index contributed by atoms with van der Waals surface area (Å²) >= 11 is 0. The van der Waals surface area contributed by atoms with Gasteiger partial charge in [0.05, 0.1) is 0 Å². The van der Waals surface area contributed by atoms with Crippen molar-refractivity contribution in [3.63, 3.8) is 0 Å². The molecule has 0 aliphatic carbocycles. The van der Waals surface area contributed by atoms with Crippen LogP contribution in [0.4, 0.5) is 5.69 Å². The van der Waals surface area contributed by atoms with Crippen LogP contribution < -0.4 is 10.2 Å². The van der Waals surface area contributed by atoms with Gasteiger partial charge in [-0.25, -0.2) is 0 Å². The van der Waals surface area contributed by atoms with Crippen LogP contribution >= 0.6 is 0 Å². The Morgan fingerprint density at radius 3 is 2.27 bits per heavy atom. The first-order valence-electron chi connectivity index (χ1n) is 10.4. The van der Waals surface area contributed by atoms with Gasteiger partial charge in [0.2, 0.25) is 0 Å². The quantitative estimate of drug-likeness (QED) is 0.720. The minimum absolute atomic E-state index is 0.0455. The molecule has 0 unspecified atom stereocenters. The molecule has 1 fully saturated rings. The smallest absolute Gasteiger partial charge is 0.253 e. The standard InChI is InChI=1S/C25H27N3O2/c1-27(2)21-12-10-19(11-13-21)25(30)28-16-14-20(15-17-28)26-24(29)23-9-5-7-18-6-3-4-8-22(18)23/h3-13,20H,14-17H2,1-2H3,(H,26,29). The molecule has 1 aliphatic heterocycles. The summed E-state index contributed by atoms with van der Waals surface area (Å²) in [5.74, 6) is 0.00925. The molecule has 0 bridgehead atoms. The maximum absolute atomic E-state index is 12.9. The maximum atomic E-state index is 12.9. The van der Waals surface area contributed by atoms with E-state index in [4.69, 9.17) is 0 Å². The minimum atomic E-state index is -0.0455. The molecule has 0 saturated carbocycles. The fourth-order valence-corrected chi connectivity index (χ4v) is 4.00. The molecule has 5 heteroatoms. The highest BCUT2D eigenvalue weighted by atomic mass is 16.2. The lowest BCUT2D eigenvalue weighted by molar-refractivity contribution is 0.0698. The summed E-state index contributed by atoms with van der Waals surface area (Å²) in [4.78, 5) is 29.6. The number of nitrogens with one attached hydrogen (secondary N) is 1. The predicted molar refractivity (Wildman–Crippen MR) is 121 cm³/mol. The van der Waals surface area contributed by atoms with E-state index in [2.05, 4.69) is 5.32 Å². The summed E-state index contributed by atoms with van der Waals surface area (Å²) in [7, 11) is 3.96. The van der Waals surface area contributed by atoms with Crippen LogP contribution in [0.5, 0.6) is 0 Å². The zero-order chi connectivity index (χ0) is 21.1. The second-order valence-electron chi connectivity index (χ2n) is 8.01. The number of carbonyl (C=O) groups excluding carboxylic acids is 2. The zero-order valence-corrected chi connectivity index (χ0v) is 17.5. The molecule has 1 N–H and O–H groups in total. The third kappa shape index (κ3) is 4.15. The molecular weight excluding hydrogens is 374 g/mol.